The van der Waals surface area contributed by atoms with Gasteiger partial charge in [-0.05, 0) is 56.5 Å². The van der Waals surface area contributed by atoms with Crippen molar-refractivity contribution in [3.05, 3.63) is 35.5 Å². The lowest BCUT2D eigenvalue weighted by Gasteiger charge is -2.33. The van der Waals surface area contributed by atoms with E-state index in [1.165, 1.54) is 19.8 Å². The summed E-state index contributed by atoms with van der Waals surface area (Å²) in [5, 5.41) is 8.81. The molecule has 2 heterocycles. The van der Waals surface area contributed by atoms with Crippen LogP contribution in [0.5, 0.6) is 5.75 Å². The van der Waals surface area contributed by atoms with Crippen LogP contribution in [0.25, 0.3) is 0 Å². The molecule has 1 saturated carbocycles. The Morgan fingerprint density at radius 1 is 1.14 bits per heavy atom. The molecule has 1 aromatic carbocycles. The van der Waals surface area contributed by atoms with Gasteiger partial charge in [0.05, 0.1) is 12.8 Å². The number of anilines is 3. The van der Waals surface area contributed by atoms with Gasteiger partial charge in [-0.15, -0.1) is 0 Å². The molecule has 11 heteroatoms. The highest BCUT2D eigenvalue weighted by Gasteiger charge is 2.37. The van der Waals surface area contributed by atoms with Crippen molar-refractivity contribution in [3.8, 4) is 5.75 Å². The first-order valence-corrected chi connectivity index (χ1v) is 12.4. The Morgan fingerprint density at radius 3 is 2.53 bits per heavy atom. The molecule has 2 fully saturated rings. The van der Waals surface area contributed by atoms with Gasteiger partial charge < -0.3 is 20.7 Å². The topological polar surface area (TPSA) is 91.4 Å². The van der Waals surface area contributed by atoms with Gasteiger partial charge in [0, 0.05) is 31.7 Å². The zero-order chi connectivity index (χ0) is 25.7. The molecule has 4 rings (SSSR count). The number of carbonyl (C=O) groups is 1. The van der Waals surface area contributed by atoms with E-state index < -0.39 is 11.7 Å². The van der Waals surface area contributed by atoms with E-state index in [1.807, 2.05) is 18.2 Å². The second-order valence-corrected chi connectivity index (χ2v) is 9.44. The zero-order valence-electron chi connectivity index (χ0n) is 20.6. The number of hydrogen-bond donors (Lipinski definition) is 3. The van der Waals surface area contributed by atoms with Gasteiger partial charge in [-0.1, -0.05) is 18.9 Å². The van der Waals surface area contributed by atoms with Gasteiger partial charge in [0.15, 0.2) is 0 Å². The lowest BCUT2D eigenvalue weighted by molar-refractivity contribution is -0.137. The van der Waals surface area contributed by atoms with Gasteiger partial charge in [-0.25, -0.2) is 4.98 Å². The summed E-state index contributed by atoms with van der Waals surface area (Å²) in [6.07, 6.45) is 1.62. The molecule has 1 amide bonds. The monoisotopic (exact) mass is 506 g/mol. The van der Waals surface area contributed by atoms with E-state index in [1.54, 1.807) is 7.11 Å². The second-order valence-electron chi connectivity index (χ2n) is 9.44. The van der Waals surface area contributed by atoms with Crippen molar-refractivity contribution < 1.29 is 22.7 Å². The maximum Gasteiger partial charge on any atom is 0.421 e. The molecule has 36 heavy (non-hydrogen) atoms. The molecule has 8 nitrogen and oxygen atoms in total. The predicted molar refractivity (Wildman–Crippen MR) is 131 cm³/mol. The molecule has 0 spiro atoms. The number of nitrogens with one attached hydrogen (secondary N) is 3. The van der Waals surface area contributed by atoms with Crippen LogP contribution in [-0.2, 0) is 17.5 Å². The fourth-order valence-corrected chi connectivity index (χ4v) is 4.93. The third-order valence-corrected chi connectivity index (χ3v) is 6.69. The number of rotatable bonds is 8. The number of ether oxygens (including phenoxy) is 1. The molecular formula is C25H33F3N6O2. The molecule has 2 aromatic rings. The smallest absolute Gasteiger partial charge is 0.421 e. The quantitative estimate of drug-likeness (QED) is 0.478. The largest absolute Gasteiger partial charge is 0.495 e. The molecule has 2 aliphatic rings. The molecule has 1 saturated heterocycles. The van der Waals surface area contributed by atoms with E-state index in [2.05, 4.69) is 30.8 Å². The fraction of sp³-hybridized carbons (Fsp3) is 0.560. The molecular weight excluding hydrogens is 473 g/mol. The zero-order valence-corrected chi connectivity index (χ0v) is 20.6. The second kappa shape index (κ2) is 11.3. The molecule has 0 radical (unpaired) electrons. The standard InChI is InChI=1S/C25H33F3N6O2/c1-16(35)30-19-7-3-4-8-20(19)31-23-18(25(26,27)28)14-29-24(33-23)32-21-10-9-17(13-22(21)36-2)15-34-11-5-6-12-34/h9-10,13-14,19-20H,3-8,11-12,15H2,1-2H3,(H,30,35)(H2,29,31,32,33)/t19-,20-/m1/s1. The van der Waals surface area contributed by atoms with Crippen LogP contribution in [0.15, 0.2) is 24.4 Å². The predicted octanol–water partition coefficient (Wildman–Crippen LogP) is 4.70. The van der Waals surface area contributed by atoms with Crippen molar-refractivity contribution in [2.45, 2.75) is 70.3 Å². The summed E-state index contributed by atoms with van der Waals surface area (Å²) in [5.74, 6) is 0.0487. The fourth-order valence-electron chi connectivity index (χ4n) is 4.93. The van der Waals surface area contributed by atoms with Crippen molar-refractivity contribution in [1.29, 1.82) is 0 Å². The third kappa shape index (κ3) is 6.57. The number of halogens is 3. The van der Waals surface area contributed by atoms with Gasteiger partial charge in [-0.3, -0.25) is 9.69 Å². The van der Waals surface area contributed by atoms with E-state index in [0.29, 0.717) is 24.3 Å². The van der Waals surface area contributed by atoms with Crippen molar-refractivity contribution in [1.82, 2.24) is 20.2 Å². The number of benzene rings is 1. The number of aromatic nitrogens is 2. The number of alkyl halides is 3. The Balaban J connectivity index is 1.56. The van der Waals surface area contributed by atoms with E-state index >= 15 is 0 Å². The van der Waals surface area contributed by atoms with Crippen LogP contribution in [0, 0.1) is 0 Å². The van der Waals surface area contributed by atoms with Gasteiger partial charge in [0.25, 0.3) is 0 Å². The van der Waals surface area contributed by atoms with Crippen molar-refractivity contribution in [3.63, 3.8) is 0 Å². The number of nitrogens with zero attached hydrogens (tertiary/aromatic N) is 3. The highest BCUT2D eigenvalue weighted by Crippen LogP contribution is 2.36. The Kier molecular flexibility index (Phi) is 8.17. The van der Waals surface area contributed by atoms with E-state index in [9.17, 15) is 18.0 Å². The Morgan fingerprint density at radius 2 is 1.86 bits per heavy atom. The van der Waals surface area contributed by atoms with Crippen LogP contribution in [0.4, 0.5) is 30.6 Å². The number of methoxy groups -OCH3 is 1. The molecule has 1 aliphatic carbocycles. The van der Waals surface area contributed by atoms with Crippen molar-refractivity contribution >= 4 is 23.4 Å². The molecule has 196 valence electrons. The van der Waals surface area contributed by atoms with E-state index in [0.717, 1.165) is 44.2 Å². The number of hydrogen-bond acceptors (Lipinski definition) is 7. The number of likely N-dealkylation sites (tertiary alicyclic amines) is 1. The first-order valence-electron chi connectivity index (χ1n) is 12.4. The Labute approximate surface area is 209 Å². The van der Waals surface area contributed by atoms with Gasteiger partial charge in [-0.2, -0.15) is 18.2 Å². The van der Waals surface area contributed by atoms with Crippen molar-refractivity contribution in [2.24, 2.45) is 0 Å². The summed E-state index contributed by atoms with van der Waals surface area (Å²) >= 11 is 0. The number of carbonyl (C=O) groups excluding carboxylic acids is 1. The summed E-state index contributed by atoms with van der Waals surface area (Å²) in [6, 6.07) is 5.07. The summed E-state index contributed by atoms with van der Waals surface area (Å²) in [5.41, 5.74) is 0.701. The lowest BCUT2D eigenvalue weighted by atomic mass is 9.90. The van der Waals surface area contributed by atoms with Crippen LogP contribution in [0.2, 0.25) is 0 Å². The van der Waals surface area contributed by atoms with Gasteiger partial charge in [0.1, 0.15) is 17.1 Å². The highest BCUT2D eigenvalue weighted by atomic mass is 19.4. The Bertz CT molecular complexity index is 1060. The first kappa shape index (κ1) is 26.0. The van der Waals surface area contributed by atoms with Crippen LogP contribution in [0.1, 0.15) is 56.6 Å². The minimum Gasteiger partial charge on any atom is -0.495 e. The Hall–Kier alpha value is -3.08. The molecule has 3 N–H and O–H groups in total. The van der Waals surface area contributed by atoms with E-state index in [-0.39, 0.29) is 29.8 Å². The van der Waals surface area contributed by atoms with Crippen LogP contribution in [0.3, 0.4) is 0 Å². The lowest BCUT2D eigenvalue weighted by Crippen LogP contribution is -2.48. The maximum absolute atomic E-state index is 13.8. The van der Waals surface area contributed by atoms with Crippen LogP contribution in [-0.4, -0.2) is 53.1 Å². The minimum absolute atomic E-state index is 0.0166. The molecule has 1 aromatic heterocycles. The SMILES string of the molecule is COc1cc(CN2CCCC2)ccc1Nc1ncc(C(F)(F)F)c(N[C@@H]2CCCC[C@H]2NC(C)=O)n1. The minimum atomic E-state index is -4.63. The summed E-state index contributed by atoms with van der Waals surface area (Å²) < 4.78 is 46.8. The number of amides is 1. The third-order valence-electron chi connectivity index (χ3n) is 6.69. The van der Waals surface area contributed by atoms with Gasteiger partial charge >= 0.3 is 6.18 Å². The van der Waals surface area contributed by atoms with Gasteiger partial charge in [0.2, 0.25) is 11.9 Å². The van der Waals surface area contributed by atoms with Crippen LogP contribution < -0.4 is 20.7 Å². The van der Waals surface area contributed by atoms with E-state index in [4.69, 9.17) is 4.74 Å². The average Bonchev–Trinajstić information content (AvgIpc) is 3.33. The molecule has 0 unspecified atom stereocenters. The maximum atomic E-state index is 13.8. The highest BCUT2D eigenvalue weighted by molar-refractivity contribution is 5.73. The molecule has 2 atom stereocenters. The molecule has 1 aliphatic heterocycles. The van der Waals surface area contributed by atoms with Crippen LogP contribution >= 0.6 is 0 Å². The normalized spacial score (nSPS) is 20.7. The first-order chi connectivity index (χ1) is 17.2. The average molecular weight is 507 g/mol. The summed E-state index contributed by atoms with van der Waals surface area (Å²) in [7, 11) is 1.55. The summed E-state index contributed by atoms with van der Waals surface area (Å²) in [4.78, 5) is 22.1. The summed E-state index contributed by atoms with van der Waals surface area (Å²) in [6.45, 7) is 4.37. The molecule has 0 bridgehead atoms. The van der Waals surface area contributed by atoms with Crippen molar-refractivity contribution in [2.75, 3.05) is 30.8 Å².